The van der Waals surface area contributed by atoms with Gasteiger partial charge in [0.2, 0.25) is 0 Å². The van der Waals surface area contributed by atoms with Gasteiger partial charge in [0.1, 0.15) is 20.9 Å². The van der Waals surface area contributed by atoms with E-state index in [1.807, 2.05) is 0 Å². The Morgan fingerprint density at radius 2 is 1.50 bits per heavy atom. The Morgan fingerprint density at radius 1 is 0.933 bits per heavy atom. The van der Waals surface area contributed by atoms with Gasteiger partial charge in [0, 0.05) is 5.56 Å². The summed E-state index contributed by atoms with van der Waals surface area (Å²) in [5, 5.41) is 18.1. The molecule has 1 N–H and O–H groups in total. The molecule has 7 nitrogen and oxygen atoms in total. The Balaban J connectivity index is 0.00000256. The van der Waals surface area contributed by atoms with Gasteiger partial charge in [-0.2, -0.15) is 10.2 Å². The summed E-state index contributed by atoms with van der Waals surface area (Å²) >= 11 is 1.31. The van der Waals surface area contributed by atoms with Crippen molar-refractivity contribution in [1.82, 2.24) is 4.98 Å². The molecule has 0 aliphatic rings. The fourth-order valence-electron chi connectivity index (χ4n) is 2.82. The first-order chi connectivity index (χ1) is 13.8. The molecule has 0 unspecified atom stereocenters. The van der Waals surface area contributed by atoms with E-state index in [1.54, 1.807) is 55.5 Å². The van der Waals surface area contributed by atoms with Gasteiger partial charge < -0.3 is 9.66 Å². The minimum atomic E-state index is -4.62. The van der Waals surface area contributed by atoms with E-state index < -0.39 is 10.1 Å². The first-order valence-corrected chi connectivity index (χ1v) is 10.7. The molecule has 30 heavy (non-hydrogen) atoms. The fourth-order valence-corrected chi connectivity index (χ4v) is 4.71. The molecule has 0 amide bonds. The van der Waals surface area contributed by atoms with Gasteiger partial charge in [-0.3, -0.25) is 0 Å². The third kappa shape index (κ3) is 4.77. The number of aryl methyl sites for hydroxylation is 1. The van der Waals surface area contributed by atoms with Crippen LogP contribution in [0.1, 0.15) is 5.56 Å². The summed E-state index contributed by atoms with van der Waals surface area (Å²) in [7, 11) is -4.62. The van der Waals surface area contributed by atoms with Gasteiger partial charge in [-0.05, 0) is 67.1 Å². The van der Waals surface area contributed by atoms with Crippen LogP contribution in [0.3, 0.4) is 0 Å². The number of aromatic nitrogens is 1. The van der Waals surface area contributed by atoms with Crippen LogP contribution < -0.4 is 29.6 Å². The molecule has 0 saturated heterocycles. The molecule has 0 aliphatic carbocycles. The number of hydrogen-bond acceptors (Lipinski definition) is 8. The van der Waals surface area contributed by atoms with Crippen molar-refractivity contribution in [2.45, 2.75) is 11.8 Å². The molecule has 0 saturated carbocycles. The average Bonchev–Trinajstić information content (AvgIpc) is 3.10. The number of nitrogens with zero attached hydrogens (tertiary/aromatic N) is 3. The third-order valence-electron chi connectivity index (χ3n) is 4.21. The molecule has 10 heteroatoms. The largest absolute Gasteiger partial charge is 1.00 e. The molecule has 1 aromatic heterocycles. The molecule has 0 bridgehead atoms. The van der Waals surface area contributed by atoms with Crippen molar-refractivity contribution in [1.29, 1.82) is 0 Å². The van der Waals surface area contributed by atoms with Crippen LogP contribution in [0.5, 0.6) is 5.75 Å². The number of rotatable bonds is 4. The van der Waals surface area contributed by atoms with Crippen LogP contribution in [0.2, 0.25) is 0 Å². The first-order valence-electron chi connectivity index (χ1n) is 8.48. The summed E-state index contributed by atoms with van der Waals surface area (Å²) in [4.78, 5) is 4.14. The summed E-state index contributed by atoms with van der Waals surface area (Å²) < 4.78 is 35.5. The normalized spacial score (nSPS) is 11.7. The van der Waals surface area contributed by atoms with Gasteiger partial charge in [0.05, 0.1) is 26.5 Å². The molecule has 0 atom stereocenters. The number of fused-ring (bicyclic) bond motifs is 1. The van der Waals surface area contributed by atoms with E-state index >= 15 is 0 Å². The van der Waals surface area contributed by atoms with Crippen molar-refractivity contribution >= 4 is 43.0 Å². The zero-order chi connectivity index (χ0) is 20.6. The molecule has 1 heterocycles. The standard InChI is InChI=1S/C20H15N3O4S2.Na/c1-12-2-11-17-18(19(12)29(25,26)27)21-20(28-17)13-3-5-14(6-4-13)22-23-15-7-9-16(24)10-8-15;/h2-11,24H,1H3,(H,25,26,27);/q;+1/p-1. The minimum Gasteiger partial charge on any atom is -0.744 e. The van der Waals surface area contributed by atoms with Crippen LogP contribution in [0.25, 0.3) is 20.8 Å². The Kier molecular flexibility index (Phi) is 6.71. The Bertz CT molecular complexity index is 1330. The van der Waals surface area contributed by atoms with Crippen molar-refractivity contribution < 1.29 is 47.6 Å². The second-order valence-electron chi connectivity index (χ2n) is 6.29. The Morgan fingerprint density at radius 3 is 2.07 bits per heavy atom. The van der Waals surface area contributed by atoms with E-state index in [4.69, 9.17) is 0 Å². The van der Waals surface area contributed by atoms with Crippen LogP contribution in [0.15, 0.2) is 75.8 Å². The van der Waals surface area contributed by atoms with E-state index in [2.05, 4.69) is 15.2 Å². The molecular weight excluding hydrogens is 433 g/mol. The second kappa shape index (κ2) is 8.93. The quantitative estimate of drug-likeness (QED) is 0.293. The van der Waals surface area contributed by atoms with Crippen LogP contribution in [-0.2, 0) is 10.1 Å². The molecule has 0 spiro atoms. The fraction of sp³-hybridized carbons (Fsp3) is 0.0500. The molecule has 146 valence electrons. The number of phenols is 1. The summed E-state index contributed by atoms with van der Waals surface area (Å²) in [6.45, 7) is 1.58. The van der Waals surface area contributed by atoms with Crippen molar-refractivity contribution in [2.24, 2.45) is 10.2 Å². The third-order valence-corrected chi connectivity index (χ3v) is 6.29. The Hall–Kier alpha value is -2.14. The van der Waals surface area contributed by atoms with E-state index in [-0.39, 0.29) is 45.7 Å². The number of phenolic OH excluding ortho intramolecular Hbond substituents is 1. The maximum Gasteiger partial charge on any atom is 1.00 e. The summed E-state index contributed by atoms with van der Waals surface area (Å²) in [6, 6.07) is 16.9. The zero-order valence-electron chi connectivity index (χ0n) is 16.1. The zero-order valence-corrected chi connectivity index (χ0v) is 19.7. The monoisotopic (exact) mass is 447 g/mol. The van der Waals surface area contributed by atoms with E-state index in [1.165, 1.54) is 23.5 Å². The van der Waals surface area contributed by atoms with Crippen LogP contribution in [-0.4, -0.2) is 23.1 Å². The summed E-state index contributed by atoms with van der Waals surface area (Å²) in [6.07, 6.45) is 0. The maximum atomic E-state index is 11.6. The van der Waals surface area contributed by atoms with Gasteiger partial charge in [0.15, 0.2) is 0 Å². The predicted octanol–water partition coefficient (Wildman–Crippen LogP) is 2.30. The topological polar surface area (TPSA) is 115 Å². The van der Waals surface area contributed by atoms with Gasteiger partial charge in [-0.15, -0.1) is 11.3 Å². The van der Waals surface area contributed by atoms with Gasteiger partial charge in [-0.25, -0.2) is 13.4 Å². The van der Waals surface area contributed by atoms with Crippen molar-refractivity contribution in [3.63, 3.8) is 0 Å². The average molecular weight is 447 g/mol. The van der Waals surface area contributed by atoms with Crippen LogP contribution in [0, 0.1) is 6.92 Å². The van der Waals surface area contributed by atoms with Crippen molar-refractivity contribution in [2.75, 3.05) is 0 Å². The molecular formula is C20H14N3NaO4S2. The number of azo groups is 1. The van der Waals surface area contributed by atoms with Gasteiger partial charge in [0.25, 0.3) is 0 Å². The molecule has 0 radical (unpaired) electrons. The van der Waals surface area contributed by atoms with E-state index in [0.29, 0.717) is 26.6 Å². The molecule has 3 aromatic carbocycles. The molecule has 0 fully saturated rings. The number of benzene rings is 3. The Labute approximate surface area is 199 Å². The summed E-state index contributed by atoms with van der Waals surface area (Å²) in [5.74, 6) is 0.160. The van der Waals surface area contributed by atoms with Gasteiger partial charge in [-0.1, -0.05) is 6.07 Å². The van der Waals surface area contributed by atoms with Crippen LogP contribution >= 0.6 is 11.3 Å². The van der Waals surface area contributed by atoms with Gasteiger partial charge >= 0.3 is 29.6 Å². The molecule has 4 aromatic rings. The first kappa shape index (κ1) is 22.5. The number of aromatic hydroxyl groups is 1. The number of thiazole rings is 1. The maximum absolute atomic E-state index is 11.6. The smallest absolute Gasteiger partial charge is 0.744 e. The van der Waals surface area contributed by atoms with E-state index in [0.717, 1.165) is 5.56 Å². The summed E-state index contributed by atoms with van der Waals surface area (Å²) in [5.41, 5.74) is 2.61. The molecule has 0 aliphatic heterocycles. The van der Waals surface area contributed by atoms with E-state index in [9.17, 15) is 18.1 Å². The minimum absolute atomic E-state index is 0. The number of hydrogen-bond donors (Lipinski definition) is 1. The van der Waals surface area contributed by atoms with Crippen molar-refractivity contribution in [3.05, 3.63) is 66.2 Å². The van der Waals surface area contributed by atoms with Crippen LogP contribution in [0.4, 0.5) is 11.4 Å². The van der Waals surface area contributed by atoms with Crippen molar-refractivity contribution in [3.8, 4) is 16.3 Å². The second-order valence-corrected chi connectivity index (χ2v) is 8.64. The molecule has 4 rings (SSSR count). The predicted molar refractivity (Wildman–Crippen MR) is 110 cm³/mol. The SMILES string of the molecule is Cc1ccc2sc(-c3ccc(N=Nc4ccc(O)cc4)cc3)nc2c1S(=O)(=O)[O-].[Na+].